The average Bonchev–Trinajstić information content (AvgIpc) is 2.89. The molecular weight excluding hydrogens is 253 g/mol. The van der Waals surface area contributed by atoms with Crippen molar-refractivity contribution in [2.45, 2.75) is 25.9 Å². The van der Waals surface area contributed by atoms with Gasteiger partial charge in [0.1, 0.15) is 5.82 Å². The minimum Gasteiger partial charge on any atom is -0.388 e. The van der Waals surface area contributed by atoms with Gasteiger partial charge in [-0.25, -0.2) is 4.39 Å². The summed E-state index contributed by atoms with van der Waals surface area (Å²) < 4.78 is 13.4. The molecule has 3 heteroatoms. The lowest BCUT2D eigenvalue weighted by Gasteiger charge is -2.20. The molecule has 1 heterocycles. The van der Waals surface area contributed by atoms with E-state index in [2.05, 4.69) is 4.90 Å². The fourth-order valence-corrected chi connectivity index (χ4v) is 2.73. The maximum atomic E-state index is 13.4. The van der Waals surface area contributed by atoms with E-state index in [0.29, 0.717) is 6.42 Å². The topological polar surface area (TPSA) is 23.5 Å². The Balaban J connectivity index is 1.90. The van der Waals surface area contributed by atoms with Crippen LogP contribution in [0.25, 0.3) is 0 Å². The maximum Gasteiger partial charge on any atom is 0.125 e. The van der Waals surface area contributed by atoms with Crippen LogP contribution in [0.15, 0.2) is 42.5 Å². The van der Waals surface area contributed by atoms with E-state index in [4.69, 9.17) is 0 Å². The van der Waals surface area contributed by atoms with E-state index in [0.717, 1.165) is 29.9 Å². The third-order valence-electron chi connectivity index (χ3n) is 3.92. The molecule has 0 fully saturated rings. The third kappa shape index (κ3) is 2.29. The highest BCUT2D eigenvalue weighted by Crippen LogP contribution is 2.35. The first kappa shape index (κ1) is 13.1. The maximum absolute atomic E-state index is 13.4. The second-order valence-corrected chi connectivity index (χ2v) is 5.19. The summed E-state index contributed by atoms with van der Waals surface area (Å²) in [6.45, 7) is 2.83. The van der Waals surface area contributed by atoms with Gasteiger partial charge in [-0.1, -0.05) is 25.1 Å². The highest BCUT2D eigenvalue weighted by atomic mass is 19.1. The SMILES string of the molecule is CCC(O)c1ccc(N2CCc3ccc(F)cc32)cc1. The van der Waals surface area contributed by atoms with Crippen molar-refractivity contribution in [2.24, 2.45) is 0 Å². The summed E-state index contributed by atoms with van der Waals surface area (Å²) in [6, 6.07) is 12.9. The molecule has 2 aromatic carbocycles. The van der Waals surface area contributed by atoms with Gasteiger partial charge in [0.15, 0.2) is 0 Å². The van der Waals surface area contributed by atoms with Gasteiger partial charge < -0.3 is 10.0 Å². The van der Waals surface area contributed by atoms with Crippen LogP contribution in [0, 0.1) is 5.82 Å². The second kappa shape index (κ2) is 5.25. The number of anilines is 2. The van der Waals surface area contributed by atoms with Crippen LogP contribution in [-0.4, -0.2) is 11.7 Å². The lowest BCUT2D eigenvalue weighted by Crippen LogP contribution is -2.13. The molecule has 3 rings (SSSR count). The molecule has 0 amide bonds. The van der Waals surface area contributed by atoms with Crippen LogP contribution in [0.5, 0.6) is 0 Å². The number of nitrogens with zero attached hydrogens (tertiary/aromatic N) is 1. The van der Waals surface area contributed by atoms with Gasteiger partial charge in [0, 0.05) is 17.9 Å². The fraction of sp³-hybridized carbons (Fsp3) is 0.294. The molecule has 1 unspecified atom stereocenters. The van der Waals surface area contributed by atoms with Gasteiger partial charge in [-0.2, -0.15) is 0 Å². The molecule has 104 valence electrons. The van der Waals surface area contributed by atoms with Crippen LogP contribution in [0.2, 0.25) is 0 Å². The quantitative estimate of drug-likeness (QED) is 0.913. The van der Waals surface area contributed by atoms with E-state index in [1.54, 1.807) is 6.07 Å². The smallest absolute Gasteiger partial charge is 0.125 e. The second-order valence-electron chi connectivity index (χ2n) is 5.19. The minimum atomic E-state index is -0.410. The third-order valence-corrected chi connectivity index (χ3v) is 3.92. The molecule has 0 radical (unpaired) electrons. The first-order valence-electron chi connectivity index (χ1n) is 7.03. The van der Waals surface area contributed by atoms with Crippen LogP contribution in [0.4, 0.5) is 15.8 Å². The molecule has 2 nitrogen and oxygen atoms in total. The van der Waals surface area contributed by atoms with Crippen molar-refractivity contribution in [3.8, 4) is 0 Å². The van der Waals surface area contributed by atoms with E-state index in [-0.39, 0.29) is 5.82 Å². The number of halogens is 1. The van der Waals surface area contributed by atoms with Crippen LogP contribution in [0.3, 0.4) is 0 Å². The lowest BCUT2D eigenvalue weighted by molar-refractivity contribution is 0.173. The Bertz CT molecular complexity index is 609. The molecule has 20 heavy (non-hydrogen) atoms. The average molecular weight is 271 g/mol. The Kier molecular flexibility index (Phi) is 3.45. The molecule has 0 bridgehead atoms. The number of rotatable bonds is 3. The highest BCUT2D eigenvalue weighted by Gasteiger charge is 2.21. The standard InChI is InChI=1S/C17H18FNO/c1-2-17(20)13-4-7-15(8-5-13)19-10-9-12-3-6-14(18)11-16(12)19/h3-8,11,17,20H,2,9-10H2,1H3. The van der Waals surface area contributed by atoms with Crippen LogP contribution < -0.4 is 4.90 Å². The molecule has 1 atom stereocenters. The number of fused-ring (bicyclic) bond motifs is 1. The molecule has 0 spiro atoms. The van der Waals surface area contributed by atoms with E-state index in [1.807, 2.05) is 37.3 Å². The van der Waals surface area contributed by atoms with Crippen LogP contribution in [-0.2, 0) is 6.42 Å². The van der Waals surface area contributed by atoms with Crippen LogP contribution in [0.1, 0.15) is 30.6 Å². The summed E-state index contributed by atoms with van der Waals surface area (Å²) in [7, 11) is 0. The summed E-state index contributed by atoms with van der Waals surface area (Å²) in [4.78, 5) is 2.13. The van der Waals surface area contributed by atoms with Gasteiger partial charge >= 0.3 is 0 Å². The van der Waals surface area contributed by atoms with Gasteiger partial charge in [0.05, 0.1) is 6.10 Å². The zero-order valence-corrected chi connectivity index (χ0v) is 11.5. The predicted octanol–water partition coefficient (Wildman–Crippen LogP) is 3.96. The largest absolute Gasteiger partial charge is 0.388 e. The van der Waals surface area contributed by atoms with E-state index in [1.165, 1.54) is 11.6 Å². The van der Waals surface area contributed by atoms with Crippen molar-refractivity contribution in [1.82, 2.24) is 0 Å². The van der Waals surface area contributed by atoms with Gasteiger partial charge in [0.2, 0.25) is 0 Å². The number of hydrogen-bond donors (Lipinski definition) is 1. The fourth-order valence-electron chi connectivity index (χ4n) is 2.73. The molecule has 0 aromatic heterocycles. The summed E-state index contributed by atoms with van der Waals surface area (Å²) in [6.07, 6.45) is 1.24. The molecular formula is C17H18FNO. The molecule has 0 aliphatic carbocycles. The van der Waals surface area contributed by atoms with Gasteiger partial charge in [-0.3, -0.25) is 0 Å². The molecule has 0 saturated carbocycles. The number of aliphatic hydroxyl groups excluding tert-OH is 1. The zero-order chi connectivity index (χ0) is 14.1. The number of hydrogen-bond acceptors (Lipinski definition) is 2. The Morgan fingerprint density at radius 3 is 2.65 bits per heavy atom. The van der Waals surface area contributed by atoms with Gasteiger partial charge in [0.25, 0.3) is 0 Å². The Hall–Kier alpha value is -1.87. The van der Waals surface area contributed by atoms with Crippen molar-refractivity contribution in [3.63, 3.8) is 0 Å². The van der Waals surface area contributed by atoms with Crippen molar-refractivity contribution in [2.75, 3.05) is 11.4 Å². The number of aliphatic hydroxyl groups is 1. The summed E-state index contributed by atoms with van der Waals surface area (Å²) in [5.41, 5.74) is 4.11. The molecule has 1 N–H and O–H groups in total. The van der Waals surface area contributed by atoms with Crippen molar-refractivity contribution in [1.29, 1.82) is 0 Å². The summed E-state index contributed by atoms with van der Waals surface area (Å²) in [5.74, 6) is -0.200. The van der Waals surface area contributed by atoms with Crippen LogP contribution >= 0.6 is 0 Å². The first-order valence-corrected chi connectivity index (χ1v) is 7.03. The Morgan fingerprint density at radius 1 is 1.20 bits per heavy atom. The monoisotopic (exact) mass is 271 g/mol. The molecule has 1 aliphatic heterocycles. The lowest BCUT2D eigenvalue weighted by atomic mass is 10.1. The van der Waals surface area contributed by atoms with E-state index >= 15 is 0 Å². The molecule has 0 saturated heterocycles. The van der Waals surface area contributed by atoms with E-state index < -0.39 is 6.10 Å². The Labute approximate surface area is 118 Å². The van der Waals surface area contributed by atoms with Gasteiger partial charge in [-0.05, 0) is 48.2 Å². The van der Waals surface area contributed by atoms with Gasteiger partial charge in [-0.15, -0.1) is 0 Å². The highest BCUT2D eigenvalue weighted by molar-refractivity contribution is 5.70. The normalized spacial score (nSPS) is 15.2. The molecule has 2 aromatic rings. The predicted molar refractivity (Wildman–Crippen MR) is 78.8 cm³/mol. The first-order chi connectivity index (χ1) is 9.69. The zero-order valence-electron chi connectivity index (χ0n) is 11.5. The van der Waals surface area contributed by atoms with Crippen molar-refractivity contribution < 1.29 is 9.50 Å². The summed E-state index contributed by atoms with van der Waals surface area (Å²) in [5, 5.41) is 9.82. The number of benzene rings is 2. The van der Waals surface area contributed by atoms with Crippen molar-refractivity contribution in [3.05, 3.63) is 59.4 Å². The summed E-state index contributed by atoms with van der Waals surface area (Å²) >= 11 is 0. The Morgan fingerprint density at radius 2 is 1.95 bits per heavy atom. The van der Waals surface area contributed by atoms with Crippen molar-refractivity contribution >= 4 is 11.4 Å². The molecule has 1 aliphatic rings. The minimum absolute atomic E-state index is 0.200. The van der Waals surface area contributed by atoms with E-state index in [9.17, 15) is 9.50 Å².